The third-order valence-corrected chi connectivity index (χ3v) is 4.31. The molecule has 0 fully saturated rings. The van der Waals surface area contributed by atoms with Crippen LogP contribution in [0.25, 0.3) is 11.2 Å². The summed E-state index contributed by atoms with van der Waals surface area (Å²) in [6, 6.07) is 5.60. The zero-order valence-corrected chi connectivity index (χ0v) is 16.4. The fraction of sp³-hybridized carbons (Fsp3) is 0.250. The number of H-pyrrole nitrogens is 1. The third kappa shape index (κ3) is 4.42. The number of nitrogens with one attached hydrogen (secondary N) is 4. The second-order valence-electron chi connectivity index (χ2n) is 6.52. The highest BCUT2D eigenvalue weighted by molar-refractivity contribution is 6.14. The van der Waals surface area contributed by atoms with E-state index in [1.165, 1.54) is 30.6 Å². The third-order valence-electron chi connectivity index (χ3n) is 4.31. The summed E-state index contributed by atoms with van der Waals surface area (Å²) in [6.07, 6.45) is 2.91. The molecule has 3 rings (SSSR count). The van der Waals surface area contributed by atoms with E-state index in [1.54, 1.807) is 14.0 Å². The Morgan fingerprint density at radius 2 is 2.23 bits per heavy atom. The van der Waals surface area contributed by atoms with Gasteiger partial charge in [0.25, 0.3) is 5.91 Å². The normalized spacial score (nSPS) is 11.7. The van der Waals surface area contributed by atoms with E-state index in [0.29, 0.717) is 22.4 Å². The van der Waals surface area contributed by atoms with Crippen LogP contribution in [0.2, 0.25) is 0 Å². The van der Waals surface area contributed by atoms with E-state index < -0.39 is 5.82 Å². The summed E-state index contributed by atoms with van der Waals surface area (Å²) >= 11 is 0. The Morgan fingerprint density at radius 3 is 2.97 bits per heavy atom. The van der Waals surface area contributed by atoms with Gasteiger partial charge in [0.1, 0.15) is 23.6 Å². The van der Waals surface area contributed by atoms with Gasteiger partial charge in [-0.25, -0.2) is 14.4 Å². The summed E-state index contributed by atoms with van der Waals surface area (Å²) in [5.41, 5.74) is 2.17. The average Bonchev–Trinajstić information content (AvgIpc) is 3.16. The molecule has 4 N–H and O–H groups in total. The minimum absolute atomic E-state index is 0.0413. The van der Waals surface area contributed by atoms with Crippen molar-refractivity contribution in [1.29, 1.82) is 10.7 Å². The number of carbonyl (C=O) groups excluding carboxylic acids is 1. The fourth-order valence-corrected chi connectivity index (χ4v) is 2.89. The molecule has 0 aliphatic carbocycles. The van der Waals surface area contributed by atoms with Crippen molar-refractivity contribution in [2.75, 3.05) is 25.6 Å². The van der Waals surface area contributed by atoms with E-state index in [2.05, 4.69) is 25.6 Å². The van der Waals surface area contributed by atoms with Crippen molar-refractivity contribution in [3.63, 3.8) is 0 Å². The standard InChI is InChI=1S/C20H20FN7O2/c1-11(10-30-6-5-22)27-20(29)14-8-25-19-18(14)28-16(9-26-19)17(23)13-4-3-12(21)7-15(13)24-2/h3-4,7-9,11,23-24H,6,10H2,1-2H3,(H,25,26)(H,27,29). The first-order valence-electron chi connectivity index (χ1n) is 9.10. The molecule has 0 radical (unpaired) electrons. The highest BCUT2D eigenvalue weighted by Crippen LogP contribution is 2.21. The molecule has 0 aliphatic rings. The molecule has 2 heterocycles. The molecule has 154 valence electrons. The molecule has 1 aromatic carbocycles. The Balaban J connectivity index is 1.87. The maximum Gasteiger partial charge on any atom is 0.255 e. The van der Waals surface area contributed by atoms with Crippen molar-refractivity contribution in [2.45, 2.75) is 13.0 Å². The summed E-state index contributed by atoms with van der Waals surface area (Å²) in [5.74, 6) is -0.806. The molecule has 1 atom stereocenters. The molecule has 0 saturated carbocycles. The Bertz CT molecular complexity index is 1140. The van der Waals surface area contributed by atoms with Crippen LogP contribution in [-0.2, 0) is 4.74 Å². The second kappa shape index (κ2) is 9.11. The number of nitrogens with zero attached hydrogens (tertiary/aromatic N) is 3. The lowest BCUT2D eigenvalue weighted by atomic mass is 10.1. The molecule has 2 aromatic heterocycles. The first-order valence-corrected chi connectivity index (χ1v) is 9.10. The molecule has 0 aliphatic heterocycles. The molecule has 3 aromatic rings. The van der Waals surface area contributed by atoms with Gasteiger partial charge in [0, 0.05) is 30.5 Å². The molecule has 0 saturated heterocycles. The number of rotatable bonds is 8. The van der Waals surface area contributed by atoms with Gasteiger partial charge in [-0.3, -0.25) is 10.2 Å². The monoisotopic (exact) mass is 409 g/mol. The van der Waals surface area contributed by atoms with E-state index in [4.69, 9.17) is 15.4 Å². The number of carbonyl (C=O) groups is 1. The van der Waals surface area contributed by atoms with Crippen molar-refractivity contribution in [3.05, 3.63) is 53.2 Å². The number of hydrogen-bond donors (Lipinski definition) is 4. The van der Waals surface area contributed by atoms with Gasteiger partial charge in [-0.2, -0.15) is 5.26 Å². The fourth-order valence-electron chi connectivity index (χ4n) is 2.89. The van der Waals surface area contributed by atoms with Crippen molar-refractivity contribution >= 4 is 28.5 Å². The van der Waals surface area contributed by atoms with E-state index >= 15 is 0 Å². The molecular formula is C20H20FN7O2. The molecule has 1 unspecified atom stereocenters. The lowest BCUT2D eigenvalue weighted by molar-refractivity contribution is 0.0890. The predicted octanol–water partition coefficient (Wildman–Crippen LogP) is 2.21. The van der Waals surface area contributed by atoms with E-state index in [-0.39, 0.29) is 42.1 Å². The Morgan fingerprint density at radius 1 is 1.43 bits per heavy atom. The highest BCUT2D eigenvalue weighted by atomic mass is 19.1. The first kappa shape index (κ1) is 20.9. The minimum Gasteiger partial charge on any atom is -0.387 e. The number of hydrogen-bond acceptors (Lipinski definition) is 7. The maximum absolute atomic E-state index is 13.5. The van der Waals surface area contributed by atoms with Crippen LogP contribution in [0.15, 0.2) is 30.6 Å². The number of fused-ring (bicyclic) bond motifs is 1. The van der Waals surface area contributed by atoms with Gasteiger partial charge in [-0.1, -0.05) is 0 Å². The number of aromatic amines is 1. The number of ether oxygens (including phenoxy) is 1. The quantitative estimate of drug-likeness (QED) is 0.332. The van der Waals surface area contributed by atoms with E-state index in [0.717, 1.165) is 0 Å². The zero-order valence-electron chi connectivity index (χ0n) is 16.4. The van der Waals surface area contributed by atoms with Gasteiger partial charge < -0.3 is 20.4 Å². The Kier molecular flexibility index (Phi) is 6.34. The largest absolute Gasteiger partial charge is 0.387 e. The number of nitriles is 1. The van der Waals surface area contributed by atoms with Crippen molar-refractivity contribution in [3.8, 4) is 6.07 Å². The van der Waals surface area contributed by atoms with Crippen LogP contribution in [0.4, 0.5) is 10.1 Å². The van der Waals surface area contributed by atoms with Crippen LogP contribution < -0.4 is 10.6 Å². The number of benzene rings is 1. The maximum atomic E-state index is 13.5. The Labute approximate surface area is 171 Å². The second-order valence-corrected chi connectivity index (χ2v) is 6.52. The number of anilines is 1. The van der Waals surface area contributed by atoms with Crippen molar-refractivity contribution in [1.82, 2.24) is 20.3 Å². The summed E-state index contributed by atoms with van der Waals surface area (Å²) < 4.78 is 18.6. The number of aromatic nitrogens is 3. The molecule has 9 nitrogen and oxygen atoms in total. The lowest BCUT2D eigenvalue weighted by Crippen LogP contribution is -2.35. The molecular weight excluding hydrogens is 389 g/mol. The molecule has 10 heteroatoms. The summed E-state index contributed by atoms with van der Waals surface area (Å²) in [4.78, 5) is 24.2. The van der Waals surface area contributed by atoms with Gasteiger partial charge in [-0.15, -0.1) is 0 Å². The van der Waals surface area contributed by atoms with Gasteiger partial charge >= 0.3 is 0 Å². The van der Waals surface area contributed by atoms with Gasteiger partial charge in [-0.05, 0) is 25.1 Å². The first-order chi connectivity index (χ1) is 14.4. The summed E-state index contributed by atoms with van der Waals surface area (Å²) in [5, 5.41) is 22.6. The van der Waals surface area contributed by atoms with Crippen LogP contribution >= 0.6 is 0 Å². The van der Waals surface area contributed by atoms with Gasteiger partial charge in [0.15, 0.2) is 5.65 Å². The van der Waals surface area contributed by atoms with Crippen LogP contribution in [0.5, 0.6) is 0 Å². The van der Waals surface area contributed by atoms with Crippen LogP contribution in [-0.4, -0.2) is 52.9 Å². The van der Waals surface area contributed by atoms with Gasteiger partial charge in [0.2, 0.25) is 0 Å². The molecule has 0 bridgehead atoms. The topological polar surface area (TPSA) is 140 Å². The van der Waals surface area contributed by atoms with Crippen LogP contribution in [0, 0.1) is 22.6 Å². The molecule has 0 spiro atoms. The number of halogens is 1. The SMILES string of the molecule is CNc1cc(F)ccc1C(=N)c1cnc2[nH]cc(C(=O)NC(C)COCC#N)c2n1. The lowest BCUT2D eigenvalue weighted by Gasteiger charge is -2.13. The van der Waals surface area contributed by atoms with Crippen LogP contribution in [0.1, 0.15) is 28.5 Å². The predicted molar refractivity (Wildman–Crippen MR) is 109 cm³/mol. The van der Waals surface area contributed by atoms with Gasteiger partial charge in [0.05, 0.1) is 30.1 Å². The highest BCUT2D eigenvalue weighted by Gasteiger charge is 2.19. The van der Waals surface area contributed by atoms with Crippen molar-refractivity contribution < 1.29 is 13.9 Å². The van der Waals surface area contributed by atoms with E-state index in [9.17, 15) is 9.18 Å². The minimum atomic E-state index is -0.421. The summed E-state index contributed by atoms with van der Waals surface area (Å²) in [7, 11) is 1.64. The van der Waals surface area contributed by atoms with Crippen molar-refractivity contribution in [2.24, 2.45) is 0 Å². The Hall–Kier alpha value is -3.84. The molecule has 1 amide bonds. The van der Waals surface area contributed by atoms with E-state index in [1.807, 2.05) is 6.07 Å². The van der Waals surface area contributed by atoms with Crippen LogP contribution in [0.3, 0.4) is 0 Å². The zero-order chi connectivity index (χ0) is 21.7. The smallest absolute Gasteiger partial charge is 0.255 e. The number of amides is 1. The average molecular weight is 409 g/mol. The summed E-state index contributed by atoms with van der Waals surface area (Å²) in [6.45, 7) is 1.90. The molecule has 30 heavy (non-hydrogen) atoms.